The van der Waals surface area contributed by atoms with Gasteiger partial charge in [0.25, 0.3) is 5.91 Å². The molecule has 1 heterocycles. The molecule has 0 fully saturated rings. The first-order valence-electron chi connectivity index (χ1n) is 7.57. The Kier molecular flexibility index (Phi) is 6.38. The van der Waals surface area contributed by atoms with Gasteiger partial charge in [0.2, 0.25) is 0 Å². The van der Waals surface area contributed by atoms with Crippen molar-refractivity contribution in [1.82, 2.24) is 4.98 Å². The molecule has 0 aliphatic heterocycles. The summed E-state index contributed by atoms with van der Waals surface area (Å²) in [5.41, 5.74) is 0.909. The van der Waals surface area contributed by atoms with Crippen molar-refractivity contribution in [3.05, 3.63) is 74.2 Å². The lowest BCUT2D eigenvalue weighted by molar-refractivity contribution is -0.118. The lowest BCUT2D eigenvalue weighted by Crippen LogP contribution is -2.19. The molecule has 3 aromatic rings. The van der Waals surface area contributed by atoms with Crippen molar-refractivity contribution >= 4 is 57.2 Å². The molecular weight excluding hydrogens is 415 g/mol. The van der Waals surface area contributed by atoms with E-state index in [4.69, 9.17) is 39.5 Å². The molecule has 1 amide bonds. The Hall–Kier alpha value is -1.79. The molecule has 0 atom stereocenters. The number of thiazole rings is 1. The molecule has 8 heteroatoms. The number of rotatable bonds is 6. The van der Waals surface area contributed by atoms with Crippen molar-refractivity contribution in [1.29, 1.82) is 0 Å². The molecule has 134 valence electrons. The fourth-order valence-electron chi connectivity index (χ4n) is 2.15. The van der Waals surface area contributed by atoms with Crippen LogP contribution in [0.2, 0.25) is 15.1 Å². The summed E-state index contributed by atoms with van der Waals surface area (Å²) in [4.78, 5) is 17.2. The van der Waals surface area contributed by atoms with Crippen molar-refractivity contribution in [3.8, 4) is 5.75 Å². The van der Waals surface area contributed by atoms with E-state index < -0.39 is 0 Å². The van der Waals surface area contributed by atoms with Crippen molar-refractivity contribution in [3.63, 3.8) is 0 Å². The molecule has 0 bridgehead atoms. The zero-order valence-electron chi connectivity index (χ0n) is 13.3. The van der Waals surface area contributed by atoms with Gasteiger partial charge in [-0.25, -0.2) is 4.98 Å². The van der Waals surface area contributed by atoms with E-state index in [0.717, 1.165) is 10.4 Å². The highest BCUT2D eigenvalue weighted by Gasteiger charge is 2.10. The number of anilines is 1. The molecule has 1 N–H and O–H groups in total. The van der Waals surface area contributed by atoms with Crippen molar-refractivity contribution < 1.29 is 9.53 Å². The summed E-state index contributed by atoms with van der Waals surface area (Å²) in [7, 11) is 0. The number of carbonyl (C=O) groups excluding carboxylic acids is 1. The van der Waals surface area contributed by atoms with Gasteiger partial charge < -0.3 is 4.74 Å². The molecule has 0 spiro atoms. The fraction of sp³-hybridized carbons (Fsp3) is 0.111. The SMILES string of the molecule is O=C(COc1ccc(Cl)cc1)Nc1ncc(Cc2cccc(Cl)c2Cl)s1. The quantitative estimate of drug-likeness (QED) is 0.548. The van der Waals surface area contributed by atoms with Gasteiger partial charge in [0, 0.05) is 22.5 Å². The van der Waals surface area contributed by atoms with Crippen LogP contribution < -0.4 is 10.1 Å². The van der Waals surface area contributed by atoms with E-state index in [1.54, 1.807) is 36.5 Å². The third kappa shape index (κ3) is 5.11. The number of benzene rings is 2. The number of nitrogens with one attached hydrogen (secondary N) is 1. The van der Waals surface area contributed by atoms with E-state index in [9.17, 15) is 4.79 Å². The van der Waals surface area contributed by atoms with Crippen LogP contribution in [0, 0.1) is 0 Å². The molecule has 0 saturated heterocycles. The topological polar surface area (TPSA) is 51.2 Å². The molecule has 3 rings (SSSR count). The van der Waals surface area contributed by atoms with Gasteiger partial charge in [-0.15, -0.1) is 11.3 Å². The third-order valence-corrected chi connectivity index (χ3v) is 5.40. The predicted molar refractivity (Wildman–Crippen MR) is 107 cm³/mol. The zero-order chi connectivity index (χ0) is 18.5. The fourth-order valence-corrected chi connectivity index (χ4v) is 3.52. The molecule has 2 aromatic carbocycles. The maximum atomic E-state index is 12.0. The normalized spacial score (nSPS) is 10.6. The average molecular weight is 428 g/mol. The maximum Gasteiger partial charge on any atom is 0.264 e. The molecule has 0 unspecified atom stereocenters. The predicted octanol–water partition coefficient (Wildman–Crippen LogP) is 5.71. The molecule has 0 aliphatic rings. The van der Waals surface area contributed by atoms with Gasteiger partial charge in [-0.05, 0) is 35.9 Å². The maximum absolute atomic E-state index is 12.0. The number of hydrogen-bond acceptors (Lipinski definition) is 4. The van der Waals surface area contributed by atoms with Crippen LogP contribution in [0.3, 0.4) is 0 Å². The summed E-state index contributed by atoms with van der Waals surface area (Å²) in [6, 6.07) is 12.3. The summed E-state index contributed by atoms with van der Waals surface area (Å²) in [5, 5.41) is 4.87. The first-order chi connectivity index (χ1) is 12.5. The Labute approximate surface area is 169 Å². The monoisotopic (exact) mass is 426 g/mol. The zero-order valence-corrected chi connectivity index (χ0v) is 16.4. The van der Waals surface area contributed by atoms with Crippen LogP contribution >= 0.6 is 46.1 Å². The second kappa shape index (κ2) is 8.73. The van der Waals surface area contributed by atoms with E-state index in [-0.39, 0.29) is 12.5 Å². The second-order valence-electron chi connectivity index (χ2n) is 5.31. The minimum absolute atomic E-state index is 0.114. The molecule has 0 aliphatic carbocycles. The molecule has 26 heavy (non-hydrogen) atoms. The minimum Gasteiger partial charge on any atom is -0.484 e. The highest BCUT2D eigenvalue weighted by molar-refractivity contribution is 7.15. The number of nitrogens with zero attached hydrogens (tertiary/aromatic N) is 1. The number of hydrogen-bond donors (Lipinski definition) is 1. The van der Waals surface area contributed by atoms with Gasteiger partial charge in [-0.3, -0.25) is 10.1 Å². The number of halogens is 3. The number of amides is 1. The van der Waals surface area contributed by atoms with Crippen LogP contribution in [0.4, 0.5) is 5.13 Å². The van der Waals surface area contributed by atoms with E-state index in [1.165, 1.54) is 11.3 Å². The summed E-state index contributed by atoms with van der Waals surface area (Å²) in [5.74, 6) is 0.279. The van der Waals surface area contributed by atoms with Crippen LogP contribution in [-0.4, -0.2) is 17.5 Å². The molecule has 0 radical (unpaired) electrons. The van der Waals surface area contributed by atoms with Crippen LogP contribution in [-0.2, 0) is 11.2 Å². The highest BCUT2D eigenvalue weighted by atomic mass is 35.5. The summed E-state index contributed by atoms with van der Waals surface area (Å²) in [6.07, 6.45) is 2.30. The number of ether oxygens (including phenoxy) is 1. The average Bonchev–Trinajstić information content (AvgIpc) is 3.05. The van der Waals surface area contributed by atoms with Gasteiger partial charge in [-0.2, -0.15) is 0 Å². The summed E-state index contributed by atoms with van der Waals surface area (Å²) in [6.45, 7) is -0.114. The van der Waals surface area contributed by atoms with Crippen LogP contribution in [0.25, 0.3) is 0 Å². The minimum atomic E-state index is -0.290. The molecule has 0 saturated carbocycles. The van der Waals surface area contributed by atoms with Gasteiger partial charge in [0.1, 0.15) is 5.75 Å². The van der Waals surface area contributed by atoms with Gasteiger partial charge in [0.05, 0.1) is 10.0 Å². The van der Waals surface area contributed by atoms with E-state index in [0.29, 0.717) is 32.4 Å². The smallest absolute Gasteiger partial charge is 0.264 e. The summed E-state index contributed by atoms with van der Waals surface area (Å²) >= 11 is 19.4. The lowest BCUT2D eigenvalue weighted by atomic mass is 10.1. The van der Waals surface area contributed by atoms with Crippen LogP contribution in [0.5, 0.6) is 5.75 Å². The van der Waals surface area contributed by atoms with Gasteiger partial charge in [-0.1, -0.05) is 46.9 Å². The highest BCUT2D eigenvalue weighted by Crippen LogP contribution is 2.29. The molecule has 4 nitrogen and oxygen atoms in total. The third-order valence-electron chi connectivity index (χ3n) is 3.38. The summed E-state index contributed by atoms with van der Waals surface area (Å²) < 4.78 is 5.40. The van der Waals surface area contributed by atoms with Crippen molar-refractivity contribution in [2.45, 2.75) is 6.42 Å². The van der Waals surface area contributed by atoms with Gasteiger partial charge in [0.15, 0.2) is 11.7 Å². The molecular formula is C18H13Cl3N2O2S. The second-order valence-corrected chi connectivity index (χ2v) is 7.65. The number of carbonyl (C=O) groups is 1. The van der Waals surface area contributed by atoms with Gasteiger partial charge >= 0.3 is 0 Å². The number of aromatic nitrogens is 1. The van der Waals surface area contributed by atoms with Crippen molar-refractivity contribution in [2.24, 2.45) is 0 Å². The van der Waals surface area contributed by atoms with E-state index in [2.05, 4.69) is 10.3 Å². The Morgan fingerprint density at radius 1 is 1.12 bits per heavy atom. The first kappa shape index (κ1) is 19.0. The van der Waals surface area contributed by atoms with Crippen LogP contribution in [0.1, 0.15) is 10.4 Å². The van der Waals surface area contributed by atoms with E-state index >= 15 is 0 Å². The Balaban J connectivity index is 1.55. The van der Waals surface area contributed by atoms with Crippen molar-refractivity contribution in [2.75, 3.05) is 11.9 Å². The van der Waals surface area contributed by atoms with E-state index in [1.807, 2.05) is 12.1 Å². The largest absolute Gasteiger partial charge is 0.484 e. The molecule has 1 aromatic heterocycles. The Morgan fingerprint density at radius 3 is 2.65 bits per heavy atom. The van der Waals surface area contributed by atoms with Crippen LogP contribution in [0.15, 0.2) is 48.7 Å². The lowest BCUT2D eigenvalue weighted by Gasteiger charge is -2.05. The Bertz CT molecular complexity index is 913. The Morgan fingerprint density at radius 2 is 1.88 bits per heavy atom. The first-order valence-corrected chi connectivity index (χ1v) is 9.52. The standard InChI is InChI=1S/C18H13Cl3N2O2S/c19-12-4-6-13(7-5-12)25-10-16(24)23-18-22-9-14(26-18)8-11-2-1-3-15(20)17(11)21/h1-7,9H,8,10H2,(H,22,23,24).